The molecule has 1 aliphatic rings. The van der Waals surface area contributed by atoms with Crippen molar-refractivity contribution < 1.29 is 23.8 Å². The summed E-state index contributed by atoms with van der Waals surface area (Å²) in [5, 5.41) is 0.869. The van der Waals surface area contributed by atoms with Crippen LogP contribution in [0.1, 0.15) is 26.7 Å². The molecule has 1 aromatic carbocycles. The number of benzene rings is 1. The number of fused-ring (bicyclic) bond motifs is 1. The molecule has 1 aromatic heterocycles. The molecule has 140 valence electrons. The van der Waals surface area contributed by atoms with Crippen LogP contribution in [-0.2, 0) is 9.47 Å². The fourth-order valence-corrected chi connectivity index (χ4v) is 3.14. The number of hydrogen-bond acceptors (Lipinski definition) is 5. The van der Waals surface area contributed by atoms with E-state index in [0.29, 0.717) is 26.3 Å². The molecule has 0 saturated carbocycles. The summed E-state index contributed by atoms with van der Waals surface area (Å²) in [4.78, 5) is 25.5. The lowest BCUT2D eigenvalue weighted by atomic mass is 10.1. The number of ether oxygens (including phenoxy) is 3. The quantitative estimate of drug-likeness (QED) is 0.832. The van der Waals surface area contributed by atoms with Crippen molar-refractivity contribution in [3.8, 4) is 5.75 Å². The van der Waals surface area contributed by atoms with E-state index < -0.39 is 6.09 Å². The first-order valence-electron chi connectivity index (χ1n) is 8.99. The fraction of sp³-hybridized carbons (Fsp3) is 0.474. The summed E-state index contributed by atoms with van der Waals surface area (Å²) >= 11 is 0. The molecule has 0 aliphatic carbocycles. The van der Waals surface area contributed by atoms with Gasteiger partial charge in [-0.25, -0.2) is 9.59 Å². The number of hydrogen-bond donors (Lipinski definition) is 0. The lowest BCUT2D eigenvalue weighted by molar-refractivity contribution is 0.0708. The molecule has 3 rings (SSSR count). The van der Waals surface area contributed by atoms with Gasteiger partial charge in [0.25, 0.3) is 0 Å². The van der Waals surface area contributed by atoms with Crippen molar-refractivity contribution in [1.29, 1.82) is 0 Å². The topological polar surface area (TPSA) is 70.0 Å². The monoisotopic (exact) mass is 360 g/mol. The van der Waals surface area contributed by atoms with Crippen LogP contribution in [0.25, 0.3) is 10.9 Å². The predicted octanol–water partition coefficient (Wildman–Crippen LogP) is 3.65. The van der Waals surface area contributed by atoms with Gasteiger partial charge in [0.2, 0.25) is 0 Å². The Labute approximate surface area is 152 Å². The highest BCUT2D eigenvalue weighted by atomic mass is 16.6. The first-order chi connectivity index (χ1) is 12.6. The second kappa shape index (κ2) is 8.12. The van der Waals surface area contributed by atoms with Crippen molar-refractivity contribution in [2.45, 2.75) is 32.8 Å². The molecular formula is C19H24N2O5. The maximum atomic E-state index is 12.0. The highest BCUT2D eigenvalue weighted by Gasteiger charge is 2.25. The molecule has 0 unspecified atom stereocenters. The number of rotatable bonds is 4. The van der Waals surface area contributed by atoms with Gasteiger partial charge in [-0.3, -0.25) is 4.57 Å². The molecule has 0 radical (unpaired) electrons. The van der Waals surface area contributed by atoms with Crippen molar-refractivity contribution in [3.05, 3.63) is 30.5 Å². The Bertz CT molecular complexity index is 777. The van der Waals surface area contributed by atoms with Crippen LogP contribution in [0.4, 0.5) is 9.59 Å². The zero-order chi connectivity index (χ0) is 18.5. The predicted molar refractivity (Wildman–Crippen MR) is 96.6 cm³/mol. The van der Waals surface area contributed by atoms with E-state index in [1.807, 2.05) is 24.3 Å². The SMILES string of the molecule is CCOC(=O)N1CCC(Oc2cccc3c2ccn3C(=O)OCC)CC1. The lowest BCUT2D eigenvalue weighted by Crippen LogP contribution is -2.42. The van der Waals surface area contributed by atoms with Crippen molar-refractivity contribution in [2.24, 2.45) is 0 Å². The van der Waals surface area contributed by atoms with Gasteiger partial charge in [0.15, 0.2) is 0 Å². The zero-order valence-corrected chi connectivity index (χ0v) is 15.1. The summed E-state index contributed by atoms with van der Waals surface area (Å²) in [6, 6.07) is 7.48. The highest BCUT2D eigenvalue weighted by Crippen LogP contribution is 2.29. The number of carbonyl (C=O) groups excluding carboxylic acids is 2. The normalized spacial score (nSPS) is 15.1. The third-order valence-electron chi connectivity index (χ3n) is 4.42. The molecule has 0 N–H and O–H groups in total. The summed E-state index contributed by atoms with van der Waals surface area (Å²) in [7, 11) is 0. The summed E-state index contributed by atoms with van der Waals surface area (Å²) in [5.41, 5.74) is 0.755. The van der Waals surface area contributed by atoms with Gasteiger partial charge >= 0.3 is 12.2 Å². The van der Waals surface area contributed by atoms with Gasteiger partial charge in [-0.2, -0.15) is 0 Å². The lowest BCUT2D eigenvalue weighted by Gasteiger charge is -2.31. The number of likely N-dealkylation sites (tertiary alicyclic amines) is 1. The van der Waals surface area contributed by atoms with Gasteiger partial charge < -0.3 is 19.1 Å². The molecule has 2 aromatic rings. The molecule has 7 nitrogen and oxygen atoms in total. The number of amides is 1. The third kappa shape index (κ3) is 3.76. The van der Waals surface area contributed by atoms with E-state index in [9.17, 15) is 9.59 Å². The first kappa shape index (κ1) is 18.1. The van der Waals surface area contributed by atoms with E-state index in [1.54, 1.807) is 24.9 Å². The first-order valence-corrected chi connectivity index (χ1v) is 8.99. The molecule has 0 spiro atoms. The second-order valence-corrected chi connectivity index (χ2v) is 6.08. The summed E-state index contributed by atoms with van der Waals surface area (Å²) in [6.45, 7) is 5.52. The van der Waals surface area contributed by atoms with Gasteiger partial charge in [0.1, 0.15) is 11.9 Å². The summed E-state index contributed by atoms with van der Waals surface area (Å²) in [6.07, 6.45) is 2.54. The van der Waals surface area contributed by atoms with Crippen molar-refractivity contribution in [1.82, 2.24) is 9.47 Å². The third-order valence-corrected chi connectivity index (χ3v) is 4.42. The van der Waals surface area contributed by atoms with E-state index in [-0.39, 0.29) is 12.2 Å². The number of aromatic nitrogens is 1. The minimum atomic E-state index is -0.401. The number of piperidine rings is 1. The average Bonchev–Trinajstić information content (AvgIpc) is 3.08. The largest absolute Gasteiger partial charge is 0.490 e. The van der Waals surface area contributed by atoms with Crippen LogP contribution in [0, 0.1) is 0 Å². The van der Waals surface area contributed by atoms with Gasteiger partial charge in [0.05, 0.1) is 18.7 Å². The second-order valence-electron chi connectivity index (χ2n) is 6.08. The Hall–Kier alpha value is -2.70. The Morgan fingerprint density at radius 3 is 2.42 bits per heavy atom. The van der Waals surface area contributed by atoms with Gasteiger partial charge in [-0.05, 0) is 32.0 Å². The minimum Gasteiger partial charge on any atom is -0.490 e. The van der Waals surface area contributed by atoms with Gasteiger partial charge in [-0.15, -0.1) is 0 Å². The zero-order valence-electron chi connectivity index (χ0n) is 15.1. The molecule has 0 atom stereocenters. The summed E-state index contributed by atoms with van der Waals surface area (Å²) < 4.78 is 17.8. The Morgan fingerprint density at radius 1 is 1.04 bits per heavy atom. The van der Waals surface area contributed by atoms with Crippen molar-refractivity contribution >= 4 is 23.1 Å². The average molecular weight is 360 g/mol. The standard InChI is InChI=1S/C19H24N2O5/c1-3-24-18(22)20-11-8-14(9-12-20)26-17-7-5-6-16-15(17)10-13-21(16)19(23)25-4-2/h5-7,10,13-14H,3-4,8-9,11-12H2,1-2H3. The van der Waals surface area contributed by atoms with Crippen LogP contribution in [0.2, 0.25) is 0 Å². The number of carbonyl (C=O) groups is 2. The molecule has 1 amide bonds. The molecule has 26 heavy (non-hydrogen) atoms. The molecule has 1 fully saturated rings. The highest BCUT2D eigenvalue weighted by molar-refractivity contribution is 5.93. The van der Waals surface area contributed by atoms with Crippen LogP contribution in [0.15, 0.2) is 30.5 Å². The molecular weight excluding hydrogens is 336 g/mol. The van der Waals surface area contributed by atoms with Gasteiger partial charge in [-0.1, -0.05) is 6.07 Å². The van der Waals surface area contributed by atoms with E-state index >= 15 is 0 Å². The molecule has 1 saturated heterocycles. The van der Waals surface area contributed by atoms with E-state index in [1.165, 1.54) is 4.57 Å². The van der Waals surface area contributed by atoms with Gasteiger partial charge in [0, 0.05) is 37.5 Å². The van der Waals surface area contributed by atoms with E-state index in [0.717, 1.165) is 29.5 Å². The molecule has 7 heteroatoms. The minimum absolute atomic E-state index is 0.0252. The maximum absolute atomic E-state index is 12.0. The molecule has 1 aliphatic heterocycles. The number of nitrogens with zero attached hydrogens (tertiary/aromatic N) is 2. The van der Waals surface area contributed by atoms with E-state index in [4.69, 9.17) is 14.2 Å². The van der Waals surface area contributed by atoms with Crippen LogP contribution < -0.4 is 4.74 Å². The Balaban J connectivity index is 1.68. The van der Waals surface area contributed by atoms with Crippen molar-refractivity contribution in [3.63, 3.8) is 0 Å². The van der Waals surface area contributed by atoms with Crippen LogP contribution >= 0.6 is 0 Å². The Morgan fingerprint density at radius 2 is 1.73 bits per heavy atom. The summed E-state index contributed by atoms with van der Waals surface area (Å²) in [5.74, 6) is 0.736. The van der Waals surface area contributed by atoms with Crippen LogP contribution in [0.5, 0.6) is 5.75 Å². The fourth-order valence-electron chi connectivity index (χ4n) is 3.14. The maximum Gasteiger partial charge on any atom is 0.418 e. The molecule has 0 bridgehead atoms. The molecule has 2 heterocycles. The Kier molecular flexibility index (Phi) is 5.65. The smallest absolute Gasteiger partial charge is 0.418 e. The van der Waals surface area contributed by atoms with E-state index in [2.05, 4.69) is 0 Å². The van der Waals surface area contributed by atoms with Crippen LogP contribution in [-0.4, -0.2) is 54.1 Å². The van der Waals surface area contributed by atoms with Crippen molar-refractivity contribution in [2.75, 3.05) is 26.3 Å². The van der Waals surface area contributed by atoms with Crippen LogP contribution in [0.3, 0.4) is 0 Å².